The van der Waals surface area contributed by atoms with Crippen LogP contribution in [0.1, 0.15) is 37.3 Å². The van der Waals surface area contributed by atoms with E-state index in [2.05, 4.69) is 21.3 Å². The maximum Gasteiger partial charge on any atom is 0.266 e. The van der Waals surface area contributed by atoms with Gasteiger partial charge in [0.25, 0.3) is 6.43 Å². The Balaban J connectivity index is 2.33. The van der Waals surface area contributed by atoms with Gasteiger partial charge in [-0.3, -0.25) is 4.98 Å². The van der Waals surface area contributed by atoms with Crippen LogP contribution in [-0.4, -0.2) is 9.55 Å². The molecule has 0 radical (unpaired) electrons. The van der Waals surface area contributed by atoms with Crippen molar-refractivity contribution < 1.29 is 8.78 Å². The van der Waals surface area contributed by atoms with E-state index in [1.807, 2.05) is 19.2 Å². The van der Waals surface area contributed by atoms with E-state index in [9.17, 15) is 8.78 Å². The highest BCUT2D eigenvalue weighted by Gasteiger charge is 2.21. The van der Waals surface area contributed by atoms with Gasteiger partial charge in [-0.2, -0.15) is 0 Å². The summed E-state index contributed by atoms with van der Waals surface area (Å²) in [4.78, 5) is 7.57. The number of aromatic nitrogens is 2. The lowest BCUT2D eigenvalue weighted by atomic mass is 9.99. The third-order valence-corrected chi connectivity index (χ3v) is 4.60. The van der Waals surface area contributed by atoms with E-state index >= 15 is 0 Å². The van der Waals surface area contributed by atoms with Crippen molar-refractivity contribution in [2.75, 3.05) is 5.73 Å². The topological polar surface area (TPSA) is 48.2 Å². The summed E-state index contributed by atoms with van der Waals surface area (Å²) in [5.41, 5.74) is 8.81. The average Bonchev–Trinajstić information content (AvgIpc) is 2.95. The summed E-state index contributed by atoms with van der Waals surface area (Å²) in [5.74, 6) is 0. The van der Waals surface area contributed by atoms with E-state index in [4.69, 9.17) is 12.3 Å². The van der Waals surface area contributed by atoms with Crippen LogP contribution in [-0.2, 0) is 6.54 Å². The zero-order chi connectivity index (χ0) is 18.8. The molecule has 3 aromatic rings. The van der Waals surface area contributed by atoms with Crippen LogP contribution in [0.3, 0.4) is 0 Å². The van der Waals surface area contributed by atoms with Crippen LogP contribution in [0.2, 0.25) is 0 Å². The van der Waals surface area contributed by atoms with Gasteiger partial charge in [0.05, 0.1) is 24.0 Å². The predicted molar refractivity (Wildman–Crippen MR) is 100 cm³/mol. The molecule has 0 aliphatic heterocycles. The predicted octanol–water partition coefficient (Wildman–Crippen LogP) is 5.88. The fourth-order valence-corrected chi connectivity index (χ4v) is 3.22. The van der Waals surface area contributed by atoms with Gasteiger partial charge < -0.3 is 10.3 Å². The summed E-state index contributed by atoms with van der Waals surface area (Å²) >= 11 is 0. The van der Waals surface area contributed by atoms with Crippen molar-refractivity contribution >= 4 is 22.3 Å². The summed E-state index contributed by atoms with van der Waals surface area (Å²) in [6.07, 6.45) is 3.84. The molecule has 0 unspecified atom stereocenters. The number of hydrogen-bond acceptors (Lipinski definition) is 2. The summed E-state index contributed by atoms with van der Waals surface area (Å²) in [6, 6.07) is 3.72. The molecular weight excluding hydrogens is 334 g/mol. The Kier molecular flexibility index (Phi) is 4.90. The Labute approximate surface area is 151 Å². The van der Waals surface area contributed by atoms with E-state index in [1.54, 1.807) is 6.07 Å². The van der Waals surface area contributed by atoms with Gasteiger partial charge in [-0.15, -0.1) is 0 Å². The molecule has 3 rings (SSSR count). The minimum Gasteiger partial charge on any atom is -0.397 e. The molecule has 0 bridgehead atoms. The van der Waals surface area contributed by atoms with Crippen LogP contribution in [0.25, 0.3) is 26.9 Å². The number of nitrogens with two attached hydrogens (primary N) is 1. The van der Waals surface area contributed by atoms with Crippen molar-refractivity contribution in [2.45, 2.75) is 39.7 Å². The van der Waals surface area contributed by atoms with E-state index in [0.29, 0.717) is 16.8 Å². The van der Waals surface area contributed by atoms with Crippen molar-refractivity contribution in [1.29, 1.82) is 0 Å². The maximum absolute atomic E-state index is 13.6. The molecule has 0 spiro atoms. The van der Waals surface area contributed by atoms with E-state index in [-0.39, 0.29) is 11.3 Å². The number of rotatable bonds is 5. The lowest BCUT2D eigenvalue weighted by Crippen LogP contribution is -1.99. The van der Waals surface area contributed by atoms with Gasteiger partial charge in [-0.25, -0.2) is 13.6 Å². The maximum atomic E-state index is 13.6. The molecule has 0 atom stereocenters. The van der Waals surface area contributed by atoms with Crippen molar-refractivity contribution in [3.05, 3.63) is 53.3 Å². The molecule has 2 aromatic heterocycles. The summed E-state index contributed by atoms with van der Waals surface area (Å²) in [6.45, 7) is 12.1. The number of nitrogens with zero attached hydrogens (tertiary/aromatic N) is 3. The van der Waals surface area contributed by atoms with Crippen LogP contribution >= 0.6 is 0 Å². The smallest absolute Gasteiger partial charge is 0.266 e. The quantitative estimate of drug-likeness (QED) is 0.581. The second-order valence-electron chi connectivity index (χ2n) is 6.35. The molecule has 0 saturated carbocycles. The molecule has 1 aromatic carbocycles. The number of halogens is 2. The number of benzene rings is 1. The number of nitrogen functional groups attached to an aromatic ring is 1. The number of unbranched alkanes of at least 4 members (excludes halogenated alkanes) is 1. The molecule has 2 N–H and O–H groups in total. The SMILES string of the molecule is [C-]#[N+]c1cc2c(-c3cncc(N)c3C(F)F)cn(CCCC)c2cc1C. The Morgan fingerprint density at radius 1 is 1.27 bits per heavy atom. The molecule has 0 aliphatic rings. The second kappa shape index (κ2) is 7.12. The first-order valence-corrected chi connectivity index (χ1v) is 8.50. The third kappa shape index (κ3) is 3.01. The molecular formula is C20H20F2N4. The number of anilines is 1. The fraction of sp³-hybridized carbons (Fsp3) is 0.300. The lowest BCUT2D eigenvalue weighted by molar-refractivity contribution is 0.153. The first-order chi connectivity index (χ1) is 12.5. The number of fused-ring (bicyclic) bond motifs is 1. The van der Waals surface area contributed by atoms with Crippen molar-refractivity contribution in [1.82, 2.24) is 9.55 Å². The first-order valence-electron chi connectivity index (χ1n) is 8.50. The standard InChI is InChI=1S/C20H20F2N4/c1-4-5-6-26-11-15(13-8-17(24-3)12(2)7-18(13)26)14-9-25-10-16(23)19(14)20(21)22/h7-11,20H,4-6,23H2,1-2H3. The van der Waals surface area contributed by atoms with E-state index in [0.717, 1.165) is 35.9 Å². The Morgan fingerprint density at radius 3 is 2.69 bits per heavy atom. The minimum atomic E-state index is -2.70. The second-order valence-corrected chi connectivity index (χ2v) is 6.35. The highest BCUT2D eigenvalue weighted by atomic mass is 19.3. The molecule has 0 amide bonds. The average molecular weight is 354 g/mol. The van der Waals surface area contributed by atoms with Gasteiger partial charge in [0, 0.05) is 35.6 Å². The van der Waals surface area contributed by atoms with Gasteiger partial charge in [0.15, 0.2) is 5.69 Å². The van der Waals surface area contributed by atoms with E-state index < -0.39 is 6.43 Å². The summed E-state index contributed by atoms with van der Waals surface area (Å²) in [7, 11) is 0. The molecule has 6 heteroatoms. The highest BCUT2D eigenvalue weighted by molar-refractivity contribution is 5.99. The van der Waals surface area contributed by atoms with Crippen LogP contribution in [0.15, 0.2) is 30.7 Å². The normalized spacial score (nSPS) is 11.2. The Bertz CT molecular complexity index is 999. The van der Waals surface area contributed by atoms with Crippen molar-refractivity contribution in [3.63, 3.8) is 0 Å². The zero-order valence-corrected chi connectivity index (χ0v) is 14.8. The van der Waals surface area contributed by atoms with Gasteiger partial charge in [-0.05, 0) is 36.4 Å². The summed E-state index contributed by atoms with van der Waals surface area (Å²) in [5, 5.41) is 0.770. The van der Waals surface area contributed by atoms with Crippen LogP contribution < -0.4 is 5.73 Å². The molecule has 0 fully saturated rings. The Morgan fingerprint density at radius 2 is 2.04 bits per heavy atom. The molecule has 134 valence electrons. The van der Waals surface area contributed by atoms with Gasteiger partial charge >= 0.3 is 0 Å². The molecule has 4 nitrogen and oxygen atoms in total. The Hall–Kier alpha value is -2.94. The van der Waals surface area contributed by atoms with Crippen LogP contribution in [0.4, 0.5) is 20.2 Å². The fourth-order valence-electron chi connectivity index (χ4n) is 3.22. The minimum absolute atomic E-state index is 0.0236. The zero-order valence-electron chi connectivity index (χ0n) is 14.8. The van der Waals surface area contributed by atoms with Gasteiger partial charge in [-0.1, -0.05) is 13.3 Å². The monoisotopic (exact) mass is 354 g/mol. The number of pyridine rings is 1. The summed E-state index contributed by atoms with van der Waals surface area (Å²) < 4.78 is 29.3. The van der Waals surface area contributed by atoms with Gasteiger partial charge in [0.1, 0.15) is 0 Å². The first kappa shape index (κ1) is 17.9. The number of aryl methyl sites for hydroxylation is 2. The number of alkyl halides is 2. The lowest BCUT2D eigenvalue weighted by Gasteiger charge is -2.10. The van der Waals surface area contributed by atoms with Crippen molar-refractivity contribution in [3.8, 4) is 11.1 Å². The molecule has 26 heavy (non-hydrogen) atoms. The van der Waals surface area contributed by atoms with Crippen molar-refractivity contribution in [2.24, 2.45) is 0 Å². The molecule has 0 saturated heterocycles. The molecule has 0 aliphatic carbocycles. The third-order valence-electron chi connectivity index (χ3n) is 4.60. The van der Waals surface area contributed by atoms with Crippen LogP contribution in [0, 0.1) is 13.5 Å². The number of hydrogen-bond donors (Lipinski definition) is 1. The van der Waals surface area contributed by atoms with E-state index in [1.165, 1.54) is 12.4 Å². The van der Waals surface area contributed by atoms with Gasteiger partial charge in [0.2, 0.25) is 0 Å². The molecule has 2 heterocycles. The largest absolute Gasteiger partial charge is 0.397 e. The van der Waals surface area contributed by atoms with Crippen LogP contribution in [0.5, 0.6) is 0 Å². The highest BCUT2D eigenvalue weighted by Crippen LogP contribution is 2.40.